The number of carboxylic acids is 1. The number of hydrogen-bond acceptors (Lipinski definition) is 3. The number of nitrogens with two attached hydrogens (primary N) is 1. The average Bonchev–Trinajstić information content (AvgIpc) is 2.41. The van der Waals surface area contributed by atoms with E-state index in [-0.39, 0.29) is 5.56 Å². The molecule has 0 saturated carbocycles. The van der Waals surface area contributed by atoms with Gasteiger partial charge in [0.1, 0.15) is 11.3 Å². The van der Waals surface area contributed by atoms with Crippen molar-refractivity contribution in [3.63, 3.8) is 0 Å². The minimum absolute atomic E-state index is 0.169. The summed E-state index contributed by atoms with van der Waals surface area (Å²) in [5.41, 5.74) is 6.34. The van der Waals surface area contributed by atoms with Crippen LogP contribution in [0.5, 0.6) is 5.75 Å². The van der Waals surface area contributed by atoms with E-state index in [1.165, 1.54) is 38.2 Å². The number of aromatic carboxylic acids is 1. The predicted octanol–water partition coefficient (Wildman–Crippen LogP) is 4.10. The Balaban J connectivity index is 2.28. The summed E-state index contributed by atoms with van der Waals surface area (Å²) >= 11 is 0. The van der Waals surface area contributed by atoms with E-state index in [1.807, 2.05) is 0 Å². The standard InChI is InChI=1S/C16H25NO3/c1-2-3-4-5-6-7-8-11-20-15-12-13(17)9-10-14(15)16(18)19/h9-10,12H,2-8,11,17H2,1H3,(H,18,19). The van der Waals surface area contributed by atoms with Crippen molar-refractivity contribution in [3.05, 3.63) is 23.8 Å². The third kappa shape index (κ3) is 5.95. The Hall–Kier alpha value is -1.71. The van der Waals surface area contributed by atoms with Crippen molar-refractivity contribution >= 4 is 11.7 Å². The third-order valence-electron chi connectivity index (χ3n) is 3.24. The summed E-state index contributed by atoms with van der Waals surface area (Å²) in [5, 5.41) is 9.06. The Kier molecular flexibility index (Phi) is 7.55. The smallest absolute Gasteiger partial charge is 0.339 e. The first-order valence-electron chi connectivity index (χ1n) is 7.40. The van der Waals surface area contributed by atoms with Crippen LogP contribution in [0.15, 0.2) is 18.2 Å². The van der Waals surface area contributed by atoms with Crippen LogP contribution in [0, 0.1) is 0 Å². The second-order valence-corrected chi connectivity index (χ2v) is 5.03. The summed E-state index contributed by atoms with van der Waals surface area (Å²) in [6.07, 6.45) is 8.42. The van der Waals surface area contributed by atoms with Gasteiger partial charge in [0.05, 0.1) is 6.61 Å². The molecule has 0 amide bonds. The fourth-order valence-corrected chi connectivity index (χ4v) is 2.08. The van der Waals surface area contributed by atoms with E-state index in [1.54, 1.807) is 12.1 Å². The summed E-state index contributed by atoms with van der Waals surface area (Å²) in [4.78, 5) is 11.0. The molecule has 0 bridgehead atoms. The molecule has 0 aliphatic rings. The molecule has 1 aromatic carbocycles. The molecule has 0 radical (unpaired) electrons. The van der Waals surface area contributed by atoms with Crippen molar-refractivity contribution in [3.8, 4) is 5.75 Å². The molecule has 0 aliphatic heterocycles. The van der Waals surface area contributed by atoms with Gasteiger partial charge >= 0.3 is 5.97 Å². The van der Waals surface area contributed by atoms with Crippen LogP contribution in [0.25, 0.3) is 0 Å². The molecule has 0 spiro atoms. The fourth-order valence-electron chi connectivity index (χ4n) is 2.08. The molecule has 20 heavy (non-hydrogen) atoms. The summed E-state index contributed by atoms with van der Waals surface area (Å²) in [7, 11) is 0. The minimum Gasteiger partial charge on any atom is -0.493 e. The first kappa shape index (κ1) is 16.3. The van der Waals surface area contributed by atoms with Gasteiger partial charge in [-0.2, -0.15) is 0 Å². The van der Waals surface area contributed by atoms with Gasteiger partial charge in [0, 0.05) is 11.8 Å². The van der Waals surface area contributed by atoms with Gasteiger partial charge in [-0.05, 0) is 18.6 Å². The average molecular weight is 279 g/mol. The Labute approximate surface area is 120 Å². The van der Waals surface area contributed by atoms with E-state index in [2.05, 4.69) is 6.92 Å². The van der Waals surface area contributed by atoms with E-state index in [4.69, 9.17) is 15.6 Å². The number of nitrogen functional groups attached to an aromatic ring is 1. The second-order valence-electron chi connectivity index (χ2n) is 5.03. The summed E-state index contributed by atoms with van der Waals surface area (Å²) < 4.78 is 5.55. The van der Waals surface area contributed by atoms with Crippen LogP contribution in [-0.2, 0) is 0 Å². The molecular weight excluding hydrogens is 254 g/mol. The zero-order valence-electron chi connectivity index (χ0n) is 12.2. The molecule has 1 rings (SSSR count). The SMILES string of the molecule is CCCCCCCCCOc1cc(N)ccc1C(=O)O. The molecule has 112 valence electrons. The lowest BCUT2D eigenvalue weighted by Gasteiger charge is -2.09. The van der Waals surface area contributed by atoms with E-state index in [0.29, 0.717) is 18.0 Å². The molecule has 4 nitrogen and oxygen atoms in total. The number of ether oxygens (including phenoxy) is 1. The Morgan fingerprint density at radius 3 is 2.45 bits per heavy atom. The Bertz CT molecular complexity index is 418. The monoisotopic (exact) mass is 279 g/mol. The van der Waals surface area contributed by atoms with Gasteiger partial charge in [-0.15, -0.1) is 0 Å². The zero-order chi connectivity index (χ0) is 14.8. The lowest BCUT2D eigenvalue weighted by Crippen LogP contribution is -2.05. The van der Waals surface area contributed by atoms with Gasteiger partial charge in [-0.25, -0.2) is 4.79 Å². The number of hydrogen-bond donors (Lipinski definition) is 2. The highest BCUT2D eigenvalue weighted by molar-refractivity contribution is 5.91. The fraction of sp³-hybridized carbons (Fsp3) is 0.562. The van der Waals surface area contributed by atoms with Crippen molar-refractivity contribution in [2.24, 2.45) is 0 Å². The van der Waals surface area contributed by atoms with Crippen molar-refractivity contribution in [1.29, 1.82) is 0 Å². The van der Waals surface area contributed by atoms with Crippen molar-refractivity contribution < 1.29 is 14.6 Å². The molecule has 0 fully saturated rings. The van der Waals surface area contributed by atoms with Crippen LogP contribution in [0.2, 0.25) is 0 Å². The number of carboxylic acid groups (broad SMARTS) is 1. The summed E-state index contributed by atoms with van der Waals surface area (Å²) in [5.74, 6) is -0.622. The lowest BCUT2D eigenvalue weighted by atomic mass is 10.1. The number of rotatable bonds is 10. The zero-order valence-corrected chi connectivity index (χ0v) is 12.2. The molecule has 0 atom stereocenters. The van der Waals surface area contributed by atoms with Crippen LogP contribution in [0.4, 0.5) is 5.69 Å². The first-order chi connectivity index (χ1) is 9.65. The summed E-state index contributed by atoms with van der Waals surface area (Å²) in [6.45, 7) is 2.75. The van der Waals surface area contributed by atoms with Gasteiger partial charge < -0.3 is 15.6 Å². The van der Waals surface area contributed by atoms with Gasteiger partial charge in [-0.3, -0.25) is 0 Å². The van der Waals surface area contributed by atoms with E-state index >= 15 is 0 Å². The Morgan fingerprint density at radius 2 is 1.80 bits per heavy atom. The largest absolute Gasteiger partial charge is 0.493 e. The molecule has 0 unspecified atom stereocenters. The van der Waals surface area contributed by atoms with E-state index in [9.17, 15) is 4.79 Å². The maximum atomic E-state index is 11.0. The van der Waals surface area contributed by atoms with Crippen LogP contribution >= 0.6 is 0 Å². The van der Waals surface area contributed by atoms with Gasteiger partial charge in [0.15, 0.2) is 0 Å². The third-order valence-corrected chi connectivity index (χ3v) is 3.24. The van der Waals surface area contributed by atoms with Crippen molar-refractivity contribution in [2.45, 2.75) is 51.9 Å². The summed E-state index contributed by atoms with van der Waals surface area (Å²) in [6, 6.07) is 4.63. The molecule has 0 aliphatic carbocycles. The molecule has 3 N–H and O–H groups in total. The molecule has 0 saturated heterocycles. The number of anilines is 1. The van der Waals surface area contributed by atoms with Gasteiger partial charge in [-0.1, -0.05) is 45.4 Å². The van der Waals surface area contributed by atoms with Crippen LogP contribution in [-0.4, -0.2) is 17.7 Å². The normalized spacial score (nSPS) is 10.4. The second kappa shape index (κ2) is 9.23. The maximum absolute atomic E-state index is 11.0. The molecule has 0 aromatic heterocycles. The Morgan fingerprint density at radius 1 is 1.15 bits per heavy atom. The van der Waals surface area contributed by atoms with Crippen LogP contribution in [0.3, 0.4) is 0 Å². The number of carbonyl (C=O) groups is 1. The van der Waals surface area contributed by atoms with Gasteiger partial charge in [0.2, 0.25) is 0 Å². The maximum Gasteiger partial charge on any atom is 0.339 e. The predicted molar refractivity (Wildman–Crippen MR) is 81.3 cm³/mol. The topological polar surface area (TPSA) is 72.5 Å². The van der Waals surface area contributed by atoms with Crippen molar-refractivity contribution in [1.82, 2.24) is 0 Å². The van der Waals surface area contributed by atoms with Gasteiger partial charge in [0.25, 0.3) is 0 Å². The number of benzene rings is 1. The van der Waals surface area contributed by atoms with E-state index in [0.717, 1.165) is 12.8 Å². The number of unbranched alkanes of at least 4 members (excludes halogenated alkanes) is 6. The molecule has 0 heterocycles. The minimum atomic E-state index is -0.987. The molecular formula is C16H25NO3. The lowest BCUT2D eigenvalue weighted by molar-refractivity contribution is 0.0692. The quantitative estimate of drug-likeness (QED) is 0.499. The van der Waals surface area contributed by atoms with Crippen LogP contribution < -0.4 is 10.5 Å². The first-order valence-corrected chi connectivity index (χ1v) is 7.40. The van der Waals surface area contributed by atoms with E-state index < -0.39 is 5.97 Å². The molecule has 1 aromatic rings. The van der Waals surface area contributed by atoms with Crippen molar-refractivity contribution in [2.75, 3.05) is 12.3 Å². The molecule has 4 heteroatoms. The highest BCUT2D eigenvalue weighted by atomic mass is 16.5. The highest BCUT2D eigenvalue weighted by Gasteiger charge is 2.11. The van der Waals surface area contributed by atoms with Crippen LogP contribution in [0.1, 0.15) is 62.2 Å². The highest BCUT2D eigenvalue weighted by Crippen LogP contribution is 2.22.